The van der Waals surface area contributed by atoms with E-state index in [0.29, 0.717) is 17.1 Å². The van der Waals surface area contributed by atoms with Crippen LogP contribution in [0.25, 0.3) is 11.0 Å². The van der Waals surface area contributed by atoms with Gasteiger partial charge in [0.15, 0.2) is 11.6 Å². The van der Waals surface area contributed by atoms with Crippen molar-refractivity contribution >= 4 is 38.7 Å². The zero-order valence-electron chi connectivity index (χ0n) is 20.2. The highest BCUT2D eigenvalue weighted by Crippen LogP contribution is 2.27. The molecule has 0 fully saturated rings. The number of halogens is 2. The summed E-state index contributed by atoms with van der Waals surface area (Å²) in [7, 11) is -4.38. The molecular weight excluding hydrogens is 518 g/mol. The number of amides is 2. The van der Waals surface area contributed by atoms with Gasteiger partial charge in [-0.2, -0.15) is 0 Å². The number of fused-ring (bicyclic) bond motifs is 1. The first-order valence-electron chi connectivity index (χ1n) is 11.4. The first kappa shape index (κ1) is 26.6. The maximum Gasteiger partial charge on any atom is 0.328 e. The largest absolute Gasteiger partial charge is 0.341 e. The number of para-hydroxylation sites is 2. The number of benzene rings is 3. The highest BCUT2D eigenvalue weighted by molar-refractivity contribution is 7.90. The summed E-state index contributed by atoms with van der Waals surface area (Å²) in [4.78, 5) is 45.9. The Morgan fingerprint density at radius 1 is 0.868 bits per heavy atom. The van der Waals surface area contributed by atoms with E-state index in [9.17, 15) is 31.6 Å². The Morgan fingerprint density at radius 2 is 1.53 bits per heavy atom. The fraction of sp³-hybridized carbons (Fsp3) is 0.154. The van der Waals surface area contributed by atoms with E-state index in [-0.39, 0.29) is 17.4 Å². The van der Waals surface area contributed by atoms with Gasteiger partial charge in [0, 0.05) is 23.2 Å². The number of hydrogen-bond donors (Lipinski definition) is 3. The van der Waals surface area contributed by atoms with Crippen LogP contribution in [0.1, 0.15) is 46.3 Å². The number of Topliss-reactive ketones (excluding diaryl/α,β-unsaturated/α-hetero) is 2. The van der Waals surface area contributed by atoms with Crippen molar-refractivity contribution < 1.29 is 31.6 Å². The standard InChI is InChI=1S/C26H22F2N4O5S/c1-14(2)29-26(35)32-38(36,37)19-7-5-6-15(12-19)23(33)22(24(34)16-10-17(27)13-18(28)11-16)25-30-20-8-3-4-9-21(20)31-25/h3-14,22H,1-2H3,(H,30,31)(H2,29,32,35). The van der Waals surface area contributed by atoms with Crippen molar-refractivity contribution in [3.8, 4) is 0 Å². The van der Waals surface area contributed by atoms with Crippen LogP contribution in [0.4, 0.5) is 13.6 Å². The number of aromatic nitrogens is 2. The lowest BCUT2D eigenvalue weighted by Gasteiger charge is -2.15. The van der Waals surface area contributed by atoms with Crippen LogP contribution in [-0.2, 0) is 10.0 Å². The molecule has 12 heteroatoms. The molecule has 3 N–H and O–H groups in total. The van der Waals surface area contributed by atoms with E-state index in [4.69, 9.17) is 0 Å². The highest BCUT2D eigenvalue weighted by Gasteiger charge is 2.34. The third-order valence-corrected chi connectivity index (χ3v) is 6.76. The van der Waals surface area contributed by atoms with Crippen molar-refractivity contribution in [2.45, 2.75) is 30.7 Å². The van der Waals surface area contributed by atoms with E-state index < -0.39 is 55.6 Å². The molecule has 1 heterocycles. The molecule has 3 aromatic carbocycles. The van der Waals surface area contributed by atoms with Gasteiger partial charge < -0.3 is 10.3 Å². The lowest BCUT2D eigenvalue weighted by molar-refractivity contribution is 0.0855. The fourth-order valence-electron chi connectivity index (χ4n) is 3.80. The Morgan fingerprint density at radius 3 is 2.18 bits per heavy atom. The van der Waals surface area contributed by atoms with E-state index in [0.717, 1.165) is 18.2 Å². The summed E-state index contributed by atoms with van der Waals surface area (Å²) in [5.41, 5.74) is 0.343. The van der Waals surface area contributed by atoms with Gasteiger partial charge in [-0.05, 0) is 50.2 Å². The van der Waals surface area contributed by atoms with Gasteiger partial charge in [-0.15, -0.1) is 0 Å². The van der Waals surface area contributed by atoms with Crippen LogP contribution >= 0.6 is 0 Å². The van der Waals surface area contributed by atoms with Crippen molar-refractivity contribution in [1.82, 2.24) is 20.0 Å². The van der Waals surface area contributed by atoms with Crippen molar-refractivity contribution in [2.75, 3.05) is 0 Å². The molecule has 1 atom stereocenters. The van der Waals surface area contributed by atoms with E-state index in [1.54, 1.807) is 38.1 Å². The normalized spacial score (nSPS) is 12.3. The number of rotatable bonds is 8. The average Bonchev–Trinajstić information content (AvgIpc) is 3.26. The average molecular weight is 541 g/mol. The van der Waals surface area contributed by atoms with Crippen molar-refractivity contribution in [1.29, 1.82) is 0 Å². The number of ketones is 2. The van der Waals surface area contributed by atoms with Crippen molar-refractivity contribution in [2.24, 2.45) is 0 Å². The summed E-state index contributed by atoms with van der Waals surface area (Å²) >= 11 is 0. The van der Waals surface area contributed by atoms with Crippen LogP contribution in [0.3, 0.4) is 0 Å². The van der Waals surface area contributed by atoms with E-state index in [1.807, 2.05) is 4.72 Å². The molecule has 1 unspecified atom stereocenters. The Kier molecular flexibility index (Phi) is 7.35. The maximum atomic E-state index is 13.9. The quantitative estimate of drug-likeness (QED) is 0.227. The van der Waals surface area contributed by atoms with E-state index >= 15 is 0 Å². The van der Waals surface area contributed by atoms with Crippen LogP contribution in [-0.4, -0.2) is 42.0 Å². The number of hydrogen-bond acceptors (Lipinski definition) is 6. The SMILES string of the molecule is CC(C)NC(=O)NS(=O)(=O)c1cccc(C(=O)C(C(=O)c2cc(F)cc(F)c2)c2nc3ccccc3[nH]2)c1. The molecule has 4 aromatic rings. The number of aromatic amines is 1. The molecule has 38 heavy (non-hydrogen) atoms. The van der Waals surface area contributed by atoms with Gasteiger partial charge in [-0.3, -0.25) is 9.59 Å². The lowest BCUT2D eigenvalue weighted by atomic mass is 9.89. The Labute approximate surface area is 216 Å². The molecule has 1 aromatic heterocycles. The molecule has 196 valence electrons. The number of sulfonamides is 1. The van der Waals surface area contributed by atoms with Gasteiger partial charge in [0.25, 0.3) is 10.0 Å². The zero-order valence-corrected chi connectivity index (χ0v) is 21.0. The Hall–Kier alpha value is -4.45. The molecule has 9 nitrogen and oxygen atoms in total. The number of nitrogens with zero attached hydrogens (tertiary/aromatic N) is 1. The second-order valence-corrected chi connectivity index (χ2v) is 10.4. The predicted molar refractivity (Wildman–Crippen MR) is 134 cm³/mol. The Bertz CT molecular complexity index is 1610. The van der Waals surface area contributed by atoms with Crippen LogP contribution < -0.4 is 10.0 Å². The second-order valence-electron chi connectivity index (χ2n) is 8.72. The number of nitrogens with one attached hydrogen (secondary N) is 3. The minimum absolute atomic E-state index is 0.0893. The minimum Gasteiger partial charge on any atom is -0.341 e. The number of urea groups is 1. The smallest absolute Gasteiger partial charge is 0.328 e. The zero-order chi connectivity index (χ0) is 27.6. The molecular formula is C26H22F2N4O5S. The van der Waals surface area contributed by atoms with Gasteiger partial charge in [0.05, 0.1) is 15.9 Å². The monoisotopic (exact) mass is 540 g/mol. The van der Waals surface area contributed by atoms with Crippen LogP contribution in [0, 0.1) is 11.6 Å². The summed E-state index contributed by atoms with van der Waals surface area (Å²) in [6, 6.07) is 12.3. The highest BCUT2D eigenvalue weighted by atomic mass is 32.2. The van der Waals surface area contributed by atoms with Crippen LogP contribution in [0.15, 0.2) is 71.6 Å². The molecule has 0 aliphatic carbocycles. The predicted octanol–water partition coefficient (Wildman–Crippen LogP) is 4.09. The number of carbonyl (C=O) groups is 3. The molecule has 0 radical (unpaired) electrons. The first-order chi connectivity index (χ1) is 17.9. The van der Waals surface area contributed by atoms with Gasteiger partial charge in [-0.25, -0.2) is 31.7 Å². The number of H-pyrrole nitrogens is 1. The number of carbonyl (C=O) groups excluding carboxylic acids is 3. The molecule has 0 aliphatic heterocycles. The molecule has 0 spiro atoms. The molecule has 0 aliphatic rings. The fourth-order valence-corrected chi connectivity index (χ4v) is 4.76. The summed E-state index contributed by atoms with van der Waals surface area (Å²) in [5.74, 6) is -5.61. The molecule has 2 amide bonds. The summed E-state index contributed by atoms with van der Waals surface area (Å²) in [5, 5.41) is 2.39. The Balaban J connectivity index is 1.77. The number of imidazole rings is 1. The molecule has 0 saturated carbocycles. The van der Waals surface area contributed by atoms with Gasteiger partial charge in [0.1, 0.15) is 23.4 Å². The summed E-state index contributed by atoms with van der Waals surface area (Å²) < 4.78 is 55.1. The summed E-state index contributed by atoms with van der Waals surface area (Å²) in [6.45, 7) is 3.29. The van der Waals surface area contributed by atoms with E-state index in [1.165, 1.54) is 18.2 Å². The topological polar surface area (TPSA) is 138 Å². The molecule has 0 saturated heterocycles. The van der Waals surface area contributed by atoms with Crippen LogP contribution in [0.5, 0.6) is 0 Å². The van der Waals surface area contributed by atoms with Crippen molar-refractivity contribution in [3.05, 3.63) is 95.3 Å². The van der Waals surface area contributed by atoms with Crippen molar-refractivity contribution in [3.63, 3.8) is 0 Å². The molecule has 4 rings (SSSR count). The van der Waals surface area contributed by atoms with Gasteiger partial charge in [0.2, 0.25) is 0 Å². The summed E-state index contributed by atoms with van der Waals surface area (Å²) in [6.07, 6.45) is 0. The minimum atomic E-state index is -4.38. The first-order valence-corrected chi connectivity index (χ1v) is 12.9. The van der Waals surface area contributed by atoms with Crippen LogP contribution in [0.2, 0.25) is 0 Å². The molecule has 0 bridgehead atoms. The second kappa shape index (κ2) is 10.5. The van der Waals surface area contributed by atoms with Gasteiger partial charge in [-0.1, -0.05) is 24.3 Å². The van der Waals surface area contributed by atoms with E-state index in [2.05, 4.69) is 15.3 Å². The third kappa shape index (κ3) is 5.75. The van der Waals surface area contributed by atoms with Gasteiger partial charge >= 0.3 is 6.03 Å². The third-order valence-electron chi connectivity index (χ3n) is 5.43. The maximum absolute atomic E-state index is 13.9. The lowest BCUT2D eigenvalue weighted by Crippen LogP contribution is -2.42.